The largest absolute Gasteiger partial charge is 0.457 e. The van der Waals surface area contributed by atoms with E-state index in [1.165, 1.54) is 18.2 Å². The molecule has 144 valence electrons. The lowest BCUT2D eigenvalue weighted by molar-refractivity contribution is -0.384. The van der Waals surface area contributed by atoms with Gasteiger partial charge in [0.1, 0.15) is 23.2 Å². The number of carbonyl (C=O) groups is 1. The highest BCUT2D eigenvalue weighted by Gasteiger charge is 2.14. The molecule has 0 atom stereocenters. The zero-order chi connectivity index (χ0) is 20.8. The summed E-state index contributed by atoms with van der Waals surface area (Å²) < 4.78 is 6.19. The maximum absolute atomic E-state index is 12.3. The molecule has 0 aliphatic rings. The first kappa shape index (κ1) is 20.0. The second-order valence-electron chi connectivity index (χ2n) is 5.96. The molecule has 1 heterocycles. The molecule has 7 nitrogen and oxygen atoms in total. The topological polar surface area (TPSA) is 109 Å². The summed E-state index contributed by atoms with van der Waals surface area (Å²) in [4.78, 5) is 22.6. The molecule has 0 spiro atoms. The van der Waals surface area contributed by atoms with Crippen LogP contribution in [0.25, 0.3) is 17.4 Å². The number of hydrogen-bond donors (Lipinski definition) is 1. The maximum Gasteiger partial charge on any atom is 0.270 e. The van der Waals surface area contributed by atoms with Crippen LogP contribution in [0.3, 0.4) is 0 Å². The molecule has 0 aliphatic heterocycles. The Bertz CT molecular complexity index is 1130. The summed E-state index contributed by atoms with van der Waals surface area (Å²) in [6.07, 6.45) is 1.35. The minimum Gasteiger partial charge on any atom is -0.457 e. The van der Waals surface area contributed by atoms with Gasteiger partial charge in [-0.25, -0.2) is 0 Å². The Morgan fingerprint density at radius 3 is 2.62 bits per heavy atom. The van der Waals surface area contributed by atoms with Crippen LogP contribution in [-0.2, 0) is 11.3 Å². The molecule has 29 heavy (non-hydrogen) atoms. The number of furan rings is 1. The van der Waals surface area contributed by atoms with Gasteiger partial charge in [0.15, 0.2) is 0 Å². The van der Waals surface area contributed by atoms with Crippen molar-refractivity contribution in [3.05, 3.63) is 92.1 Å². The first-order valence-electron chi connectivity index (χ1n) is 8.46. The number of carbonyl (C=O) groups excluding carboxylic acids is 1. The highest BCUT2D eigenvalue weighted by Crippen LogP contribution is 2.32. The zero-order valence-electron chi connectivity index (χ0n) is 15.0. The molecular formula is C21H14BrN3O4. The van der Waals surface area contributed by atoms with Crippen LogP contribution in [0.2, 0.25) is 0 Å². The van der Waals surface area contributed by atoms with Gasteiger partial charge in [-0.3, -0.25) is 14.9 Å². The van der Waals surface area contributed by atoms with E-state index in [0.717, 1.165) is 5.56 Å². The molecule has 2 aromatic carbocycles. The molecule has 0 saturated carbocycles. The van der Waals surface area contributed by atoms with Crippen LogP contribution in [0.5, 0.6) is 0 Å². The predicted octanol–water partition coefficient (Wildman–Crippen LogP) is 4.84. The van der Waals surface area contributed by atoms with Gasteiger partial charge in [0.2, 0.25) is 0 Å². The molecule has 0 fully saturated rings. The molecule has 0 radical (unpaired) electrons. The Labute approximate surface area is 174 Å². The van der Waals surface area contributed by atoms with Gasteiger partial charge in [0.25, 0.3) is 11.6 Å². The smallest absolute Gasteiger partial charge is 0.270 e. The van der Waals surface area contributed by atoms with Crippen molar-refractivity contribution in [2.75, 3.05) is 0 Å². The number of nitrogens with zero attached hydrogens (tertiary/aromatic N) is 2. The third-order valence-corrected chi connectivity index (χ3v) is 4.66. The Balaban J connectivity index is 1.76. The second-order valence-corrected chi connectivity index (χ2v) is 6.82. The minimum atomic E-state index is -0.509. The van der Waals surface area contributed by atoms with Crippen molar-refractivity contribution in [3.8, 4) is 17.4 Å². The molecule has 1 N–H and O–H groups in total. The SMILES string of the molecule is N#CC(=Cc1ccc(-c2ccc([N+](=O)[O-])cc2Br)o1)C(=O)NCc1ccccc1. The van der Waals surface area contributed by atoms with Crippen molar-refractivity contribution >= 4 is 33.6 Å². The Kier molecular flexibility index (Phi) is 6.22. The number of nitriles is 1. The Morgan fingerprint density at radius 1 is 1.21 bits per heavy atom. The third-order valence-electron chi connectivity index (χ3n) is 4.00. The van der Waals surface area contributed by atoms with Crippen LogP contribution >= 0.6 is 15.9 Å². The van der Waals surface area contributed by atoms with Crippen molar-refractivity contribution in [2.24, 2.45) is 0 Å². The van der Waals surface area contributed by atoms with E-state index in [0.29, 0.717) is 28.1 Å². The third kappa shape index (κ3) is 4.97. The molecule has 0 bridgehead atoms. The molecule has 0 aliphatic carbocycles. The normalized spacial score (nSPS) is 11.0. The van der Waals surface area contributed by atoms with E-state index in [9.17, 15) is 20.2 Å². The molecule has 3 aromatic rings. The number of amides is 1. The number of hydrogen-bond acceptors (Lipinski definition) is 5. The van der Waals surface area contributed by atoms with E-state index in [2.05, 4.69) is 21.2 Å². The number of nitrogens with one attached hydrogen (secondary N) is 1. The number of rotatable bonds is 6. The number of nitro groups is 1. The van der Waals surface area contributed by atoms with Crippen LogP contribution in [0.15, 0.2) is 75.1 Å². The van der Waals surface area contributed by atoms with Crippen LogP contribution in [0.4, 0.5) is 5.69 Å². The van der Waals surface area contributed by atoms with E-state index in [1.54, 1.807) is 18.2 Å². The monoisotopic (exact) mass is 451 g/mol. The van der Waals surface area contributed by atoms with Gasteiger partial charge in [-0.2, -0.15) is 5.26 Å². The van der Waals surface area contributed by atoms with Gasteiger partial charge in [-0.15, -0.1) is 0 Å². The van der Waals surface area contributed by atoms with Gasteiger partial charge in [0, 0.05) is 34.8 Å². The highest BCUT2D eigenvalue weighted by molar-refractivity contribution is 9.10. The zero-order valence-corrected chi connectivity index (χ0v) is 16.5. The minimum absolute atomic E-state index is 0.0471. The summed E-state index contributed by atoms with van der Waals surface area (Å²) in [5, 5.41) is 22.9. The summed E-state index contributed by atoms with van der Waals surface area (Å²) in [5.74, 6) is 0.252. The first-order valence-corrected chi connectivity index (χ1v) is 9.25. The second kappa shape index (κ2) is 8.99. The van der Waals surface area contributed by atoms with Gasteiger partial charge in [-0.1, -0.05) is 30.3 Å². The number of nitro benzene ring substituents is 1. The fourth-order valence-corrected chi connectivity index (χ4v) is 3.12. The predicted molar refractivity (Wildman–Crippen MR) is 110 cm³/mol. The molecule has 8 heteroatoms. The van der Waals surface area contributed by atoms with Gasteiger partial charge < -0.3 is 9.73 Å². The summed E-state index contributed by atoms with van der Waals surface area (Å²) >= 11 is 3.30. The fraction of sp³-hybridized carbons (Fsp3) is 0.0476. The quantitative estimate of drug-likeness (QED) is 0.249. The van der Waals surface area contributed by atoms with E-state index in [-0.39, 0.29) is 11.3 Å². The Morgan fingerprint density at radius 2 is 1.97 bits per heavy atom. The fourth-order valence-electron chi connectivity index (χ4n) is 2.56. The first-order chi connectivity index (χ1) is 14.0. The van der Waals surface area contributed by atoms with E-state index < -0.39 is 10.8 Å². The van der Waals surface area contributed by atoms with E-state index in [4.69, 9.17) is 4.42 Å². The summed E-state index contributed by atoms with van der Waals surface area (Å²) in [5.41, 5.74) is 1.39. The Hall–Kier alpha value is -3.70. The van der Waals surface area contributed by atoms with Crippen LogP contribution < -0.4 is 5.32 Å². The molecule has 1 amide bonds. The molecular weight excluding hydrogens is 438 g/mol. The number of benzene rings is 2. The summed E-state index contributed by atoms with van der Waals surface area (Å²) in [6, 6.07) is 18.8. The van der Waals surface area contributed by atoms with E-state index >= 15 is 0 Å². The van der Waals surface area contributed by atoms with Gasteiger partial charge in [-0.05, 0) is 39.7 Å². The highest BCUT2D eigenvalue weighted by atomic mass is 79.9. The lowest BCUT2D eigenvalue weighted by atomic mass is 10.1. The summed E-state index contributed by atoms with van der Waals surface area (Å²) in [7, 11) is 0. The standard InChI is InChI=1S/C21H14BrN3O4/c22-19-11-16(25(27)28)6-8-18(19)20-9-7-17(29-20)10-15(12-23)21(26)24-13-14-4-2-1-3-5-14/h1-11H,13H2,(H,24,26). The average Bonchev–Trinajstić information content (AvgIpc) is 3.19. The number of non-ortho nitro benzene ring substituents is 1. The molecule has 3 rings (SSSR count). The molecule has 0 saturated heterocycles. The van der Waals surface area contributed by atoms with Gasteiger partial charge >= 0.3 is 0 Å². The molecule has 0 unspecified atom stereocenters. The van der Waals surface area contributed by atoms with Crippen LogP contribution in [0.1, 0.15) is 11.3 Å². The van der Waals surface area contributed by atoms with E-state index in [1.807, 2.05) is 36.4 Å². The van der Waals surface area contributed by atoms with Crippen LogP contribution in [0, 0.1) is 21.4 Å². The summed E-state index contributed by atoms with van der Waals surface area (Å²) in [6.45, 7) is 0.303. The van der Waals surface area contributed by atoms with Crippen molar-refractivity contribution in [1.82, 2.24) is 5.32 Å². The van der Waals surface area contributed by atoms with Gasteiger partial charge in [0.05, 0.1) is 4.92 Å². The lowest BCUT2D eigenvalue weighted by Gasteiger charge is -2.04. The van der Waals surface area contributed by atoms with Crippen LogP contribution in [-0.4, -0.2) is 10.8 Å². The van der Waals surface area contributed by atoms with Crippen molar-refractivity contribution in [3.63, 3.8) is 0 Å². The lowest BCUT2D eigenvalue weighted by Crippen LogP contribution is -2.23. The van der Waals surface area contributed by atoms with Crippen molar-refractivity contribution in [1.29, 1.82) is 5.26 Å². The maximum atomic E-state index is 12.3. The molecule has 1 aromatic heterocycles. The average molecular weight is 452 g/mol. The van der Waals surface area contributed by atoms with Crippen molar-refractivity contribution < 1.29 is 14.1 Å². The van der Waals surface area contributed by atoms with Crippen molar-refractivity contribution in [2.45, 2.75) is 6.54 Å². The number of halogens is 1.